The average molecular weight is 391 g/mol. The Morgan fingerprint density at radius 2 is 1.82 bits per heavy atom. The van der Waals surface area contributed by atoms with Crippen molar-refractivity contribution in [3.05, 3.63) is 53.6 Å². The molecule has 0 saturated carbocycles. The number of hydrogen-bond acceptors (Lipinski definition) is 4. The third-order valence-corrected chi connectivity index (χ3v) is 4.13. The van der Waals surface area contributed by atoms with Gasteiger partial charge in [0.15, 0.2) is 17.5 Å². The van der Waals surface area contributed by atoms with Crippen LogP contribution in [0.4, 0.5) is 8.78 Å². The third-order valence-electron chi connectivity index (χ3n) is 4.13. The summed E-state index contributed by atoms with van der Waals surface area (Å²) in [4.78, 5) is 4.16. The van der Waals surface area contributed by atoms with Gasteiger partial charge in [0.2, 0.25) is 0 Å². The van der Waals surface area contributed by atoms with Gasteiger partial charge in [-0.15, -0.1) is 0 Å². The number of rotatable bonds is 6. The number of ether oxygens (including phenoxy) is 3. The van der Waals surface area contributed by atoms with Gasteiger partial charge in [-0.1, -0.05) is 24.3 Å². The topological polar surface area (TPSA) is 64.1 Å². The second kappa shape index (κ2) is 9.77. The molecule has 2 aromatic carbocycles. The quantitative estimate of drug-likeness (QED) is 0.584. The zero-order valence-corrected chi connectivity index (χ0v) is 15.6. The predicted octanol–water partition coefficient (Wildman–Crippen LogP) is 3.31. The Morgan fingerprint density at radius 3 is 2.61 bits per heavy atom. The molecule has 8 heteroatoms. The van der Waals surface area contributed by atoms with Crippen LogP contribution in [0.5, 0.6) is 17.2 Å². The van der Waals surface area contributed by atoms with Crippen LogP contribution in [-0.2, 0) is 13.1 Å². The van der Waals surface area contributed by atoms with Crippen LogP contribution in [0.2, 0.25) is 0 Å². The summed E-state index contributed by atoms with van der Waals surface area (Å²) in [7, 11) is 1.64. The summed E-state index contributed by atoms with van der Waals surface area (Å²) in [5, 5.41) is 6.29. The molecule has 0 aromatic heterocycles. The van der Waals surface area contributed by atoms with Gasteiger partial charge in [0.1, 0.15) is 5.75 Å². The van der Waals surface area contributed by atoms with Gasteiger partial charge in [0.05, 0.1) is 13.2 Å². The fourth-order valence-corrected chi connectivity index (χ4v) is 2.76. The molecule has 28 heavy (non-hydrogen) atoms. The molecular weight excluding hydrogens is 368 g/mol. The van der Waals surface area contributed by atoms with E-state index < -0.39 is 6.61 Å². The normalized spacial score (nSPS) is 13.8. The summed E-state index contributed by atoms with van der Waals surface area (Å²) < 4.78 is 40.9. The maximum absolute atomic E-state index is 12.5. The number of para-hydroxylation sites is 1. The summed E-state index contributed by atoms with van der Waals surface area (Å²) in [6, 6.07) is 12.4. The Kier molecular flexibility index (Phi) is 6.89. The molecule has 0 radical (unpaired) electrons. The maximum atomic E-state index is 12.5. The molecule has 1 heterocycles. The summed E-state index contributed by atoms with van der Waals surface area (Å²) in [5.41, 5.74) is 1.62. The van der Waals surface area contributed by atoms with Crippen molar-refractivity contribution >= 4 is 5.96 Å². The summed E-state index contributed by atoms with van der Waals surface area (Å²) in [6.45, 7) is -0.765. The molecule has 6 nitrogen and oxygen atoms in total. The van der Waals surface area contributed by atoms with Gasteiger partial charge in [0, 0.05) is 32.1 Å². The number of aliphatic imine (C=N–C) groups is 1. The number of alkyl halides is 2. The van der Waals surface area contributed by atoms with E-state index >= 15 is 0 Å². The standard InChI is InChI=1S/C20H23F2N3O3/c1-23-20(25-13-15-5-2-3-6-16(15)28-19(21)22)24-12-14-7-8-17-18(11-14)27-10-4-9-26-17/h2-3,5-8,11,19H,4,9-10,12-13H2,1H3,(H2,23,24,25). The maximum Gasteiger partial charge on any atom is 0.387 e. The Balaban J connectivity index is 1.56. The van der Waals surface area contributed by atoms with E-state index in [0.717, 1.165) is 23.5 Å². The number of nitrogens with zero attached hydrogens (tertiary/aromatic N) is 1. The van der Waals surface area contributed by atoms with Gasteiger partial charge in [0.25, 0.3) is 0 Å². The van der Waals surface area contributed by atoms with Crippen molar-refractivity contribution in [3.63, 3.8) is 0 Å². The van der Waals surface area contributed by atoms with Crippen LogP contribution >= 0.6 is 0 Å². The van der Waals surface area contributed by atoms with Gasteiger partial charge in [-0.05, 0) is 23.8 Å². The molecule has 0 unspecified atom stereocenters. The predicted molar refractivity (Wildman–Crippen MR) is 102 cm³/mol. The van der Waals surface area contributed by atoms with Crippen LogP contribution in [-0.4, -0.2) is 32.8 Å². The molecule has 2 N–H and O–H groups in total. The number of benzene rings is 2. The Bertz CT molecular complexity index is 815. The van der Waals surface area contributed by atoms with Crippen molar-refractivity contribution in [1.29, 1.82) is 0 Å². The van der Waals surface area contributed by atoms with Crippen molar-refractivity contribution in [2.75, 3.05) is 20.3 Å². The molecule has 0 fully saturated rings. The highest BCUT2D eigenvalue weighted by Gasteiger charge is 2.12. The Morgan fingerprint density at radius 1 is 1.07 bits per heavy atom. The van der Waals surface area contributed by atoms with Crippen LogP contribution < -0.4 is 24.8 Å². The smallest absolute Gasteiger partial charge is 0.387 e. The summed E-state index contributed by atoms with van der Waals surface area (Å²) in [6.07, 6.45) is 0.857. The van der Waals surface area contributed by atoms with E-state index in [4.69, 9.17) is 9.47 Å². The molecule has 0 saturated heterocycles. The molecule has 1 aliphatic heterocycles. The van der Waals surface area contributed by atoms with Crippen LogP contribution in [0.15, 0.2) is 47.5 Å². The molecule has 1 aliphatic rings. The lowest BCUT2D eigenvalue weighted by molar-refractivity contribution is -0.0504. The molecule has 0 amide bonds. The minimum absolute atomic E-state index is 0.142. The molecule has 0 aliphatic carbocycles. The highest BCUT2D eigenvalue weighted by molar-refractivity contribution is 5.79. The van der Waals surface area contributed by atoms with Crippen LogP contribution in [0.3, 0.4) is 0 Å². The fourth-order valence-electron chi connectivity index (χ4n) is 2.76. The summed E-state index contributed by atoms with van der Waals surface area (Å²) >= 11 is 0. The second-order valence-electron chi connectivity index (χ2n) is 6.10. The zero-order chi connectivity index (χ0) is 19.8. The number of nitrogens with one attached hydrogen (secondary N) is 2. The van der Waals surface area contributed by atoms with E-state index in [2.05, 4.69) is 20.4 Å². The van der Waals surface area contributed by atoms with Crippen LogP contribution in [0, 0.1) is 0 Å². The van der Waals surface area contributed by atoms with E-state index in [1.165, 1.54) is 6.07 Å². The fraction of sp³-hybridized carbons (Fsp3) is 0.350. The summed E-state index contributed by atoms with van der Waals surface area (Å²) in [5.74, 6) is 2.17. The minimum Gasteiger partial charge on any atom is -0.490 e. The first-order valence-corrected chi connectivity index (χ1v) is 9.01. The van der Waals surface area contributed by atoms with Gasteiger partial charge < -0.3 is 24.8 Å². The largest absolute Gasteiger partial charge is 0.490 e. The molecule has 0 bridgehead atoms. The lowest BCUT2D eigenvalue weighted by Crippen LogP contribution is -2.36. The highest BCUT2D eigenvalue weighted by Crippen LogP contribution is 2.30. The molecule has 2 aromatic rings. The van der Waals surface area contributed by atoms with Crippen molar-refractivity contribution in [3.8, 4) is 17.2 Å². The van der Waals surface area contributed by atoms with Gasteiger partial charge in [-0.25, -0.2) is 0 Å². The molecule has 150 valence electrons. The average Bonchev–Trinajstić information content (AvgIpc) is 2.93. The van der Waals surface area contributed by atoms with Gasteiger partial charge >= 0.3 is 6.61 Å². The first kappa shape index (κ1) is 19.7. The van der Waals surface area contributed by atoms with Gasteiger partial charge in [-0.2, -0.15) is 8.78 Å². The molecular formula is C20H23F2N3O3. The van der Waals surface area contributed by atoms with Crippen molar-refractivity contribution in [1.82, 2.24) is 10.6 Å². The van der Waals surface area contributed by atoms with E-state index in [1.54, 1.807) is 25.2 Å². The lowest BCUT2D eigenvalue weighted by atomic mass is 10.2. The number of guanidine groups is 1. The van der Waals surface area contributed by atoms with E-state index in [0.29, 0.717) is 37.8 Å². The van der Waals surface area contributed by atoms with E-state index in [1.807, 2.05) is 18.2 Å². The monoisotopic (exact) mass is 391 g/mol. The van der Waals surface area contributed by atoms with Crippen molar-refractivity contribution in [2.45, 2.75) is 26.1 Å². The minimum atomic E-state index is -2.86. The van der Waals surface area contributed by atoms with Crippen molar-refractivity contribution < 1.29 is 23.0 Å². The number of hydrogen-bond donors (Lipinski definition) is 2. The SMILES string of the molecule is CN=C(NCc1ccc2c(c1)OCCCO2)NCc1ccccc1OC(F)F. The first-order valence-electron chi connectivity index (χ1n) is 9.01. The number of fused-ring (bicyclic) bond motifs is 1. The lowest BCUT2D eigenvalue weighted by Gasteiger charge is -2.15. The second-order valence-corrected chi connectivity index (χ2v) is 6.10. The van der Waals surface area contributed by atoms with Crippen LogP contribution in [0.25, 0.3) is 0 Å². The van der Waals surface area contributed by atoms with E-state index in [-0.39, 0.29) is 5.75 Å². The Labute approximate surface area is 162 Å². The van der Waals surface area contributed by atoms with Crippen molar-refractivity contribution in [2.24, 2.45) is 4.99 Å². The highest BCUT2D eigenvalue weighted by atomic mass is 19.3. The molecule has 0 spiro atoms. The zero-order valence-electron chi connectivity index (χ0n) is 15.6. The van der Waals surface area contributed by atoms with Gasteiger partial charge in [-0.3, -0.25) is 4.99 Å². The number of halogens is 2. The third kappa shape index (κ3) is 5.48. The Hall–Kier alpha value is -3.03. The first-order chi connectivity index (χ1) is 13.7. The molecule has 3 rings (SSSR count). The molecule has 0 atom stereocenters. The van der Waals surface area contributed by atoms with Crippen LogP contribution in [0.1, 0.15) is 17.5 Å². The van der Waals surface area contributed by atoms with E-state index in [9.17, 15) is 8.78 Å².